The van der Waals surface area contributed by atoms with Crippen molar-refractivity contribution in [3.8, 4) is 11.5 Å². The molecular weight excluding hydrogens is 448 g/mol. The van der Waals surface area contributed by atoms with Gasteiger partial charge >= 0.3 is 5.97 Å². The van der Waals surface area contributed by atoms with Gasteiger partial charge in [0, 0.05) is 29.0 Å². The van der Waals surface area contributed by atoms with E-state index in [9.17, 15) is 9.59 Å². The summed E-state index contributed by atoms with van der Waals surface area (Å²) in [7, 11) is 0. The number of carbonyl (C=O) groups excluding carboxylic acids is 1. The average Bonchev–Trinajstić information content (AvgIpc) is 2.82. The van der Waals surface area contributed by atoms with E-state index in [4.69, 9.17) is 25.7 Å². The van der Waals surface area contributed by atoms with Gasteiger partial charge in [-0.25, -0.2) is 4.79 Å². The molecule has 3 aromatic carbocycles. The molecule has 0 radical (unpaired) electrons. The van der Waals surface area contributed by atoms with Crippen LogP contribution < -0.4 is 25.8 Å². The Kier molecular flexibility index (Phi) is 8.29. The third-order valence-electron chi connectivity index (χ3n) is 5.12. The molecule has 0 heterocycles. The molecule has 0 unspecified atom stereocenters. The number of nitrogen functional groups attached to an aromatic ring is 1. The van der Waals surface area contributed by atoms with Gasteiger partial charge in [-0.2, -0.15) is 0 Å². The first-order chi connectivity index (χ1) is 16.8. The molecule has 0 aliphatic rings. The van der Waals surface area contributed by atoms with Gasteiger partial charge in [-0.05, 0) is 55.8 Å². The molecule has 3 rings (SSSR count). The molecule has 0 saturated heterocycles. The number of rotatable bonds is 11. The Morgan fingerprint density at radius 3 is 2.40 bits per heavy atom. The summed E-state index contributed by atoms with van der Waals surface area (Å²) >= 11 is 0. The Bertz CT molecular complexity index is 1220. The van der Waals surface area contributed by atoms with E-state index >= 15 is 0 Å². The summed E-state index contributed by atoms with van der Waals surface area (Å²) in [6.07, 6.45) is 0. The third kappa shape index (κ3) is 6.50. The van der Waals surface area contributed by atoms with Crippen molar-refractivity contribution in [3.63, 3.8) is 0 Å². The number of para-hydroxylation sites is 1. The zero-order valence-electron chi connectivity index (χ0n) is 19.6. The van der Waals surface area contributed by atoms with E-state index < -0.39 is 12.6 Å². The minimum absolute atomic E-state index is 0.0478. The molecule has 0 aromatic heterocycles. The Labute approximate surface area is 203 Å². The number of amidine groups is 1. The van der Waals surface area contributed by atoms with Gasteiger partial charge in [0.05, 0.1) is 12.2 Å². The maximum atomic E-state index is 13.1. The lowest BCUT2D eigenvalue weighted by Gasteiger charge is -2.18. The van der Waals surface area contributed by atoms with Gasteiger partial charge in [0.25, 0.3) is 5.91 Å². The van der Waals surface area contributed by atoms with Crippen LogP contribution in [0.2, 0.25) is 0 Å². The summed E-state index contributed by atoms with van der Waals surface area (Å²) in [6.45, 7) is 3.84. The molecule has 0 aliphatic carbocycles. The summed E-state index contributed by atoms with van der Waals surface area (Å²) in [6, 6.07) is 17.5. The number of amides is 1. The van der Waals surface area contributed by atoms with Gasteiger partial charge in [-0.15, -0.1) is 0 Å². The van der Waals surface area contributed by atoms with Crippen LogP contribution in [0.5, 0.6) is 11.5 Å². The number of carboxylic acids is 1. The minimum atomic E-state index is -1.09. The zero-order chi connectivity index (χ0) is 25.4. The summed E-state index contributed by atoms with van der Waals surface area (Å²) in [5, 5.41) is 22.7. The fourth-order valence-corrected chi connectivity index (χ4v) is 3.50. The van der Waals surface area contributed by atoms with Crippen LogP contribution in [0.3, 0.4) is 0 Å². The van der Waals surface area contributed by atoms with Crippen LogP contribution in [-0.2, 0) is 11.3 Å². The van der Waals surface area contributed by atoms with Crippen molar-refractivity contribution in [2.24, 2.45) is 5.73 Å². The van der Waals surface area contributed by atoms with Crippen molar-refractivity contribution in [2.45, 2.75) is 20.4 Å². The first-order valence-corrected chi connectivity index (χ1v) is 11.0. The zero-order valence-corrected chi connectivity index (χ0v) is 19.6. The first-order valence-electron chi connectivity index (χ1n) is 11.0. The van der Waals surface area contributed by atoms with Crippen LogP contribution >= 0.6 is 0 Å². The highest BCUT2D eigenvalue weighted by Crippen LogP contribution is 2.32. The van der Waals surface area contributed by atoms with Crippen LogP contribution in [0.15, 0.2) is 60.7 Å². The van der Waals surface area contributed by atoms with Crippen molar-refractivity contribution >= 4 is 29.1 Å². The number of benzene rings is 3. The maximum Gasteiger partial charge on any atom is 0.341 e. The van der Waals surface area contributed by atoms with Gasteiger partial charge in [-0.1, -0.05) is 24.3 Å². The number of anilines is 2. The van der Waals surface area contributed by atoms with Gasteiger partial charge < -0.3 is 30.9 Å². The second-order valence-electron chi connectivity index (χ2n) is 7.66. The number of ether oxygens (including phenoxy) is 2. The van der Waals surface area contributed by atoms with Crippen LogP contribution in [0.4, 0.5) is 11.4 Å². The molecule has 0 fully saturated rings. The van der Waals surface area contributed by atoms with Gasteiger partial charge in [0.1, 0.15) is 5.84 Å². The van der Waals surface area contributed by atoms with Crippen LogP contribution in [0, 0.1) is 12.3 Å². The summed E-state index contributed by atoms with van der Waals surface area (Å²) < 4.78 is 11.1. The van der Waals surface area contributed by atoms with E-state index in [2.05, 4.69) is 10.6 Å². The average molecular weight is 477 g/mol. The highest BCUT2D eigenvalue weighted by atomic mass is 16.5. The van der Waals surface area contributed by atoms with Gasteiger partial charge in [0.2, 0.25) is 0 Å². The standard InChI is InChI=1S/C26H28N4O5/c1-3-34-21-9-5-7-18(24(21)35-15-22(31)32)14-29-20-8-4-6-16(2)23(20)26(33)30-19-12-10-17(11-13-19)25(27)28/h4-13,29H,3,14-15H2,1-2H3,(H3,27,28)(H,30,33)(H,31,32). The van der Waals surface area contributed by atoms with Crippen LogP contribution in [0.25, 0.3) is 0 Å². The smallest absolute Gasteiger partial charge is 0.341 e. The normalized spacial score (nSPS) is 10.3. The van der Waals surface area contributed by atoms with Crippen molar-refractivity contribution in [2.75, 3.05) is 23.8 Å². The molecule has 0 atom stereocenters. The Morgan fingerprint density at radius 2 is 1.74 bits per heavy atom. The van der Waals surface area contributed by atoms with E-state index in [1.54, 1.807) is 48.5 Å². The molecule has 9 nitrogen and oxygen atoms in total. The van der Waals surface area contributed by atoms with Crippen molar-refractivity contribution in [1.82, 2.24) is 0 Å². The second-order valence-corrected chi connectivity index (χ2v) is 7.66. The highest BCUT2D eigenvalue weighted by Gasteiger charge is 2.17. The number of nitrogens with one attached hydrogen (secondary N) is 3. The molecule has 0 spiro atoms. The molecule has 9 heteroatoms. The lowest BCUT2D eigenvalue weighted by Crippen LogP contribution is -2.17. The Morgan fingerprint density at radius 1 is 1.03 bits per heavy atom. The van der Waals surface area contributed by atoms with Crippen LogP contribution in [-0.4, -0.2) is 36.0 Å². The highest BCUT2D eigenvalue weighted by molar-refractivity contribution is 6.09. The van der Waals surface area contributed by atoms with E-state index in [1.807, 2.05) is 26.0 Å². The molecule has 6 N–H and O–H groups in total. The molecule has 0 saturated carbocycles. The lowest BCUT2D eigenvalue weighted by atomic mass is 10.0. The summed E-state index contributed by atoms with van der Waals surface area (Å²) in [5.41, 5.74) is 9.16. The topological polar surface area (TPSA) is 147 Å². The molecule has 0 bridgehead atoms. The number of carboxylic acid groups (broad SMARTS) is 1. The van der Waals surface area contributed by atoms with E-state index in [0.29, 0.717) is 46.2 Å². The quantitative estimate of drug-likeness (QED) is 0.208. The minimum Gasteiger partial charge on any atom is -0.490 e. The Balaban J connectivity index is 1.83. The first kappa shape index (κ1) is 25.1. The largest absolute Gasteiger partial charge is 0.490 e. The molecule has 182 valence electrons. The van der Waals surface area contributed by atoms with Gasteiger partial charge in [-0.3, -0.25) is 10.2 Å². The Hall–Kier alpha value is -4.53. The number of aliphatic carboxylic acids is 1. The molecule has 3 aromatic rings. The number of nitrogens with two attached hydrogens (primary N) is 1. The SMILES string of the molecule is CCOc1cccc(CNc2cccc(C)c2C(=O)Nc2ccc(C(=N)N)cc2)c1OCC(=O)O. The maximum absolute atomic E-state index is 13.1. The summed E-state index contributed by atoms with van der Waals surface area (Å²) in [5.74, 6) is -0.651. The fourth-order valence-electron chi connectivity index (χ4n) is 3.50. The van der Waals surface area contributed by atoms with E-state index in [1.165, 1.54) is 0 Å². The number of aryl methyl sites for hydroxylation is 1. The molecule has 0 aliphatic heterocycles. The van der Waals surface area contributed by atoms with E-state index in [-0.39, 0.29) is 18.3 Å². The van der Waals surface area contributed by atoms with Crippen molar-refractivity contribution in [3.05, 3.63) is 82.9 Å². The lowest BCUT2D eigenvalue weighted by molar-refractivity contribution is -0.139. The van der Waals surface area contributed by atoms with Crippen molar-refractivity contribution < 1.29 is 24.2 Å². The predicted molar refractivity (Wildman–Crippen MR) is 135 cm³/mol. The second kappa shape index (κ2) is 11.6. The fraction of sp³-hybridized carbons (Fsp3) is 0.192. The van der Waals surface area contributed by atoms with E-state index in [0.717, 1.165) is 5.56 Å². The van der Waals surface area contributed by atoms with Gasteiger partial charge in [0.15, 0.2) is 18.1 Å². The van der Waals surface area contributed by atoms with Crippen LogP contribution in [0.1, 0.15) is 34.0 Å². The summed E-state index contributed by atoms with van der Waals surface area (Å²) in [4.78, 5) is 24.2. The van der Waals surface area contributed by atoms with Crippen molar-refractivity contribution in [1.29, 1.82) is 5.41 Å². The number of carbonyl (C=O) groups is 2. The molecule has 35 heavy (non-hydrogen) atoms. The number of hydrogen-bond acceptors (Lipinski definition) is 6. The molecular formula is C26H28N4O5. The third-order valence-corrected chi connectivity index (χ3v) is 5.12. The predicted octanol–water partition coefficient (Wildman–Crippen LogP) is 4.01. The monoisotopic (exact) mass is 476 g/mol. The number of hydrogen-bond donors (Lipinski definition) is 5. The molecule has 1 amide bonds.